The van der Waals surface area contributed by atoms with Crippen molar-refractivity contribution >= 4 is 39.4 Å². The smallest absolute Gasteiger partial charge is 0.337 e. The van der Waals surface area contributed by atoms with Crippen molar-refractivity contribution in [1.82, 2.24) is 13.9 Å². The van der Waals surface area contributed by atoms with Crippen LogP contribution in [0, 0.1) is 0 Å². The van der Waals surface area contributed by atoms with Gasteiger partial charge < -0.3 is 19.8 Å². The fourth-order valence-corrected chi connectivity index (χ4v) is 5.34. The zero-order valence-corrected chi connectivity index (χ0v) is 22.2. The van der Waals surface area contributed by atoms with Crippen molar-refractivity contribution in [3.63, 3.8) is 0 Å². The van der Waals surface area contributed by atoms with E-state index in [0.717, 1.165) is 0 Å². The Hall–Kier alpha value is -2.99. The van der Waals surface area contributed by atoms with Gasteiger partial charge in [-0.05, 0) is 36.4 Å². The lowest BCUT2D eigenvalue weighted by atomic mass is 10.00. The number of sulfonamides is 1. The number of hydrogen-bond donors (Lipinski definition) is 1. The first kappa shape index (κ1) is 29.2. The van der Waals surface area contributed by atoms with Gasteiger partial charge in [0.2, 0.25) is 10.0 Å². The quantitative estimate of drug-likeness (QED) is 0.389. The van der Waals surface area contributed by atoms with Crippen molar-refractivity contribution in [2.75, 3.05) is 33.9 Å². The van der Waals surface area contributed by atoms with E-state index in [-0.39, 0.29) is 36.0 Å². The van der Waals surface area contributed by atoms with Crippen LogP contribution in [0.1, 0.15) is 24.2 Å². The third kappa shape index (κ3) is 5.70. The van der Waals surface area contributed by atoms with Gasteiger partial charge in [-0.15, -0.1) is 12.4 Å². The van der Waals surface area contributed by atoms with Gasteiger partial charge in [0, 0.05) is 30.8 Å². The first-order valence-electron chi connectivity index (χ1n) is 11.0. The minimum atomic E-state index is -3.77. The summed E-state index contributed by atoms with van der Waals surface area (Å²) < 4.78 is 53.9. The van der Waals surface area contributed by atoms with Crippen LogP contribution in [0.15, 0.2) is 53.5 Å². The Morgan fingerprint density at radius 3 is 2.44 bits per heavy atom. The molecule has 196 valence electrons. The zero-order valence-electron chi connectivity index (χ0n) is 20.5. The van der Waals surface area contributed by atoms with Gasteiger partial charge in [0.05, 0.1) is 48.6 Å². The third-order valence-corrected chi connectivity index (χ3v) is 7.66. The fourth-order valence-electron chi connectivity index (χ4n) is 3.86. The van der Waals surface area contributed by atoms with E-state index in [0.29, 0.717) is 41.0 Å². The highest BCUT2D eigenvalue weighted by molar-refractivity contribution is 7.89. The van der Waals surface area contributed by atoms with Crippen LogP contribution >= 0.6 is 12.4 Å². The number of carbonyl (C=O) groups excluding carboxylic acids is 1. The molecule has 0 fully saturated rings. The summed E-state index contributed by atoms with van der Waals surface area (Å²) in [6, 6.07) is 7.64. The number of halogens is 2. The summed E-state index contributed by atoms with van der Waals surface area (Å²) in [5, 5.41) is 0. The summed E-state index contributed by atoms with van der Waals surface area (Å²) in [6.45, 7) is 4.07. The van der Waals surface area contributed by atoms with E-state index >= 15 is 0 Å². The molecular weight excluding hydrogens is 511 g/mol. The van der Waals surface area contributed by atoms with Crippen LogP contribution < -0.4 is 10.5 Å². The number of allylic oxidation sites excluding steroid dienone is 1. The predicted octanol–water partition coefficient (Wildman–Crippen LogP) is 3.76. The van der Waals surface area contributed by atoms with Gasteiger partial charge in [-0.2, -0.15) is 4.31 Å². The molecule has 2 aromatic carbocycles. The number of rotatable bonds is 10. The molecule has 0 aliphatic heterocycles. The average Bonchev–Trinajstić information content (AvgIpc) is 3.25. The molecule has 0 radical (unpaired) electrons. The molecule has 1 heterocycles. The lowest BCUT2D eigenvalue weighted by molar-refractivity contribution is 0.0601. The van der Waals surface area contributed by atoms with Crippen molar-refractivity contribution in [1.29, 1.82) is 0 Å². The SMILES string of the molecule is CCN(CC)S(=O)(=O)c1ccc(OC)c(-c2cc(C(=O)OC)cc3c2ncn3C/C(F)=C/CN)c1.Cl. The van der Waals surface area contributed by atoms with Crippen molar-refractivity contribution in [3.8, 4) is 16.9 Å². The van der Waals surface area contributed by atoms with Crippen LogP contribution in [0.5, 0.6) is 5.75 Å². The van der Waals surface area contributed by atoms with Gasteiger partial charge >= 0.3 is 5.97 Å². The Morgan fingerprint density at radius 2 is 1.86 bits per heavy atom. The van der Waals surface area contributed by atoms with Crippen molar-refractivity contribution < 1.29 is 27.1 Å². The summed E-state index contributed by atoms with van der Waals surface area (Å²) >= 11 is 0. The highest BCUT2D eigenvalue weighted by Gasteiger charge is 2.25. The number of carbonyl (C=O) groups is 1. The number of methoxy groups -OCH3 is 2. The molecule has 1 aromatic heterocycles. The topological polar surface area (TPSA) is 117 Å². The maximum absolute atomic E-state index is 14.2. The molecule has 0 atom stereocenters. The van der Waals surface area contributed by atoms with Gasteiger partial charge in [-0.1, -0.05) is 13.8 Å². The Labute approximate surface area is 216 Å². The molecule has 0 aliphatic carbocycles. The molecule has 2 N–H and O–H groups in total. The first-order chi connectivity index (χ1) is 16.7. The number of fused-ring (bicyclic) bond motifs is 1. The molecular formula is C24H30ClFN4O5S. The molecule has 0 spiro atoms. The summed E-state index contributed by atoms with van der Waals surface area (Å²) in [6.07, 6.45) is 2.70. The normalized spacial score (nSPS) is 12.0. The summed E-state index contributed by atoms with van der Waals surface area (Å²) in [4.78, 5) is 17.0. The second-order valence-electron chi connectivity index (χ2n) is 7.59. The van der Waals surface area contributed by atoms with Gasteiger partial charge in [-0.25, -0.2) is 22.6 Å². The van der Waals surface area contributed by atoms with Crippen molar-refractivity contribution in [2.24, 2.45) is 5.73 Å². The van der Waals surface area contributed by atoms with Crippen molar-refractivity contribution in [2.45, 2.75) is 25.3 Å². The Kier molecular flexibility index (Phi) is 10.00. The maximum atomic E-state index is 14.2. The summed E-state index contributed by atoms with van der Waals surface area (Å²) in [7, 11) is -1.05. The third-order valence-electron chi connectivity index (χ3n) is 5.61. The van der Waals surface area contributed by atoms with Crippen LogP contribution in [-0.2, 0) is 21.3 Å². The van der Waals surface area contributed by atoms with E-state index in [4.69, 9.17) is 15.2 Å². The van der Waals surface area contributed by atoms with Gasteiger partial charge in [0.15, 0.2) is 0 Å². The Bertz CT molecular complexity index is 1370. The molecule has 0 aliphatic rings. The zero-order chi connectivity index (χ0) is 25.8. The highest BCUT2D eigenvalue weighted by atomic mass is 35.5. The first-order valence-corrected chi connectivity index (χ1v) is 12.5. The van der Waals surface area contributed by atoms with Crippen LogP contribution in [0.25, 0.3) is 22.2 Å². The average molecular weight is 541 g/mol. The molecule has 36 heavy (non-hydrogen) atoms. The molecule has 0 bridgehead atoms. The second-order valence-corrected chi connectivity index (χ2v) is 9.53. The molecule has 0 saturated heterocycles. The van der Waals surface area contributed by atoms with Gasteiger partial charge in [0.1, 0.15) is 11.6 Å². The lowest BCUT2D eigenvalue weighted by Crippen LogP contribution is -2.30. The maximum Gasteiger partial charge on any atom is 0.337 e. The minimum absolute atomic E-state index is 0. The standard InChI is InChI=1S/C24H29FN4O5S.ClH/c1-5-29(6-2)35(31,32)18-7-8-22(33-3)19(13-18)20-11-16(24(30)34-4)12-21-23(20)27-15-28(21)14-17(25)9-10-26;/h7-9,11-13,15H,5-6,10,14,26H2,1-4H3;1H/b17-9-;. The molecule has 3 aromatic rings. The molecule has 0 saturated carbocycles. The van der Waals surface area contributed by atoms with Crippen molar-refractivity contribution in [3.05, 3.63) is 54.1 Å². The van der Waals surface area contributed by atoms with Gasteiger partial charge in [0.25, 0.3) is 0 Å². The number of ether oxygens (including phenoxy) is 2. The molecule has 12 heteroatoms. The van der Waals surface area contributed by atoms with E-state index < -0.39 is 21.8 Å². The number of imidazole rings is 1. The number of nitrogens with zero attached hydrogens (tertiary/aromatic N) is 3. The van der Waals surface area contributed by atoms with Crippen LogP contribution in [0.2, 0.25) is 0 Å². The lowest BCUT2D eigenvalue weighted by Gasteiger charge is -2.20. The fraction of sp³-hybridized carbons (Fsp3) is 0.333. The van der Waals surface area contributed by atoms with E-state index in [9.17, 15) is 17.6 Å². The highest BCUT2D eigenvalue weighted by Crippen LogP contribution is 2.38. The molecule has 3 rings (SSSR count). The number of aromatic nitrogens is 2. The molecule has 0 amide bonds. The largest absolute Gasteiger partial charge is 0.496 e. The van der Waals surface area contributed by atoms with Crippen LogP contribution in [-0.4, -0.2) is 62.1 Å². The van der Waals surface area contributed by atoms with Crippen LogP contribution in [0.3, 0.4) is 0 Å². The summed E-state index contributed by atoms with van der Waals surface area (Å²) in [5.41, 5.74) is 7.36. The minimum Gasteiger partial charge on any atom is -0.496 e. The van der Waals surface area contributed by atoms with E-state index in [1.165, 1.54) is 47.6 Å². The predicted molar refractivity (Wildman–Crippen MR) is 139 cm³/mol. The number of esters is 1. The summed E-state index contributed by atoms with van der Waals surface area (Å²) in [5.74, 6) is -0.679. The van der Waals surface area contributed by atoms with E-state index in [2.05, 4.69) is 4.98 Å². The monoisotopic (exact) mass is 540 g/mol. The number of benzene rings is 2. The Morgan fingerprint density at radius 1 is 1.17 bits per heavy atom. The molecule has 0 unspecified atom stereocenters. The van der Waals surface area contributed by atoms with Crippen LogP contribution in [0.4, 0.5) is 4.39 Å². The second kappa shape index (κ2) is 12.3. The number of hydrogen-bond acceptors (Lipinski definition) is 7. The van der Waals surface area contributed by atoms with Gasteiger partial charge in [-0.3, -0.25) is 0 Å². The number of nitrogens with two attached hydrogens (primary N) is 1. The molecule has 9 nitrogen and oxygen atoms in total. The van der Waals surface area contributed by atoms with E-state index in [1.54, 1.807) is 32.0 Å². The van der Waals surface area contributed by atoms with E-state index in [1.807, 2.05) is 0 Å². The Balaban J connectivity index is 0.00000456.